The van der Waals surface area contributed by atoms with Gasteiger partial charge in [0.1, 0.15) is 0 Å². The Kier molecular flexibility index (Phi) is 7.91. The molecule has 0 saturated carbocycles. The number of hydrogen-bond acceptors (Lipinski definition) is 2. The third kappa shape index (κ3) is 5.67. The van der Waals surface area contributed by atoms with E-state index in [1.807, 2.05) is 0 Å². The Labute approximate surface area is 363 Å². The number of aromatic nitrogens is 3. The zero-order chi connectivity index (χ0) is 41.4. The van der Waals surface area contributed by atoms with Crippen LogP contribution in [0.5, 0.6) is 0 Å². The minimum Gasteiger partial charge on any atom is -0.309 e. The molecule has 0 radical (unpaired) electrons. The average Bonchev–Trinajstić information content (AvgIpc) is 3.70. The summed E-state index contributed by atoms with van der Waals surface area (Å²) in [6.07, 6.45) is 0. The van der Waals surface area contributed by atoms with Gasteiger partial charge >= 0.3 is 0 Å². The Morgan fingerprint density at radius 1 is 0.270 bits per heavy atom. The maximum atomic E-state index is 5.54. The van der Waals surface area contributed by atoms with Crippen LogP contribution in [0.15, 0.2) is 224 Å². The molecule has 13 aromatic rings. The quantitative estimate of drug-likeness (QED) is 0.162. The van der Waals surface area contributed by atoms with Crippen LogP contribution in [0.3, 0.4) is 0 Å². The number of benzene rings is 11. The van der Waals surface area contributed by atoms with Crippen LogP contribution in [0.4, 0.5) is 0 Å². The second-order valence-corrected chi connectivity index (χ2v) is 16.5. The van der Waals surface area contributed by atoms with Crippen molar-refractivity contribution in [3.8, 4) is 50.7 Å². The van der Waals surface area contributed by atoms with Gasteiger partial charge in [0.25, 0.3) is 0 Å². The molecule has 2 heterocycles. The molecule has 0 fully saturated rings. The molecule has 0 aliphatic heterocycles. The lowest BCUT2D eigenvalue weighted by Crippen LogP contribution is -2.00. The number of hydrogen-bond donors (Lipinski definition) is 0. The summed E-state index contributed by atoms with van der Waals surface area (Å²) >= 11 is 0. The molecule has 292 valence electrons. The molecule has 0 spiro atoms. The molecule has 13 rings (SSSR count). The first-order chi connectivity index (χ1) is 31.2. The second kappa shape index (κ2) is 14.1. The molecular formula is C60H37N3. The molecule has 0 N–H and O–H groups in total. The third-order valence-electron chi connectivity index (χ3n) is 12.9. The van der Waals surface area contributed by atoms with Gasteiger partial charge in [-0.15, -0.1) is 0 Å². The van der Waals surface area contributed by atoms with Crippen molar-refractivity contribution in [3.05, 3.63) is 224 Å². The molecular weight excluding hydrogens is 763 g/mol. The fourth-order valence-corrected chi connectivity index (χ4v) is 10.1. The van der Waals surface area contributed by atoms with Crippen molar-refractivity contribution in [1.29, 1.82) is 0 Å². The monoisotopic (exact) mass is 799 g/mol. The molecule has 3 heteroatoms. The zero-order valence-electron chi connectivity index (χ0n) is 34.2. The highest BCUT2D eigenvalue weighted by molar-refractivity contribution is 6.26. The summed E-state index contributed by atoms with van der Waals surface area (Å²) in [4.78, 5) is 11.0. The van der Waals surface area contributed by atoms with Crippen molar-refractivity contribution in [3.63, 3.8) is 0 Å². The summed E-state index contributed by atoms with van der Waals surface area (Å²) in [6, 6.07) is 81.1. The molecule has 0 atom stereocenters. The topological polar surface area (TPSA) is 30.7 Å². The summed E-state index contributed by atoms with van der Waals surface area (Å²) in [5.74, 6) is 0.671. The van der Waals surface area contributed by atoms with Gasteiger partial charge in [0.15, 0.2) is 5.82 Å². The van der Waals surface area contributed by atoms with E-state index in [9.17, 15) is 0 Å². The van der Waals surface area contributed by atoms with E-state index in [2.05, 4.69) is 229 Å². The van der Waals surface area contributed by atoms with Crippen LogP contribution >= 0.6 is 0 Å². The van der Waals surface area contributed by atoms with Crippen molar-refractivity contribution in [1.82, 2.24) is 14.5 Å². The number of rotatable bonds is 5. The van der Waals surface area contributed by atoms with Gasteiger partial charge in [-0.1, -0.05) is 176 Å². The van der Waals surface area contributed by atoms with Crippen LogP contribution in [0.1, 0.15) is 0 Å². The van der Waals surface area contributed by atoms with Crippen molar-refractivity contribution in [2.45, 2.75) is 0 Å². The van der Waals surface area contributed by atoms with Crippen LogP contribution in [-0.4, -0.2) is 14.5 Å². The molecule has 0 saturated heterocycles. The first-order valence-corrected chi connectivity index (χ1v) is 21.6. The van der Waals surface area contributed by atoms with Gasteiger partial charge < -0.3 is 4.57 Å². The van der Waals surface area contributed by atoms with Crippen molar-refractivity contribution >= 4 is 75.7 Å². The predicted octanol–water partition coefficient (Wildman–Crippen LogP) is 16.0. The van der Waals surface area contributed by atoms with Gasteiger partial charge in [0.05, 0.1) is 22.4 Å². The molecule has 0 bridgehead atoms. The van der Waals surface area contributed by atoms with Crippen LogP contribution in [-0.2, 0) is 0 Å². The summed E-state index contributed by atoms with van der Waals surface area (Å²) < 4.78 is 2.40. The lowest BCUT2D eigenvalue weighted by atomic mass is 9.91. The van der Waals surface area contributed by atoms with Gasteiger partial charge in [-0.3, -0.25) is 0 Å². The highest BCUT2D eigenvalue weighted by atomic mass is 15.0. The lowest BCUT2D eigenvalue weighted by Gasteiger charge is -2.16. The molecule has 3 nitrogen and oxygen atoms in total. The first-order valence-electron chi connectivity index (χ1n) is 21.6. The average molecular weight is 800 g/mol. The molecule has 63 heavy (non-hydrogen) atoms. The van der Waals surface area contributed by atoms with E-state index >= 15 is 0 Å². The van der Waals surface area contributed by atoms with Crippen LogP contribution < -0.4 is 0 Å². The van der Waals surface area contributed by atoms with E-state index in [-0.39, 0.29) is 0 Å². The normalized spacial score (nSPS) is 11.8. The fourth-order valence-electron chi connectivity index (χ4n) is 10.1. The summed E-state index contributed by atoms with van der Waals surface area (Å²) in [5.41, 5.74) is 10.4. The largest absolute Gasteiger partial charge is 0.309 e. The van der Waals surface area contributed by atoms with E-state index < -0.39 is 0 Å². The van der Waals surface area contributed by atoms with Gasteiger partial charge in [0, 0.05) is 33.2 Å². The Morgan fingerprint density at radius 3 is 1.43 bits per heavy atom. The van der Waals surface area contributed by atoms with Crippen molar-refractivity contribution < 1.29 is 0 Å². The zero-order valence-corrected chi connectivity index (χ0v) is 34.2. The van der Waals surface area contributed by atoms with E-state index in [0.717, 1.165) is 61.3 Å². The Bertz CT molecular complexity index is 3890. The van der Waals surface area contributed by atoms with Gasteiger partial charge in [-0.2, -0.15) is 0 Å². The van der Waals surface area contributed by atoms with Crippen molar-refractivity contribution in [2.75, 3.05) is 0 Å². The van der Waals surface area contributed by atoms with Gasteiger partial charge in [-0.05, 0) is 114 Å². The molecule has 0 aliphatic carbocycles. The predicted molar refractivity (Wildman–Crippen MR) is 266 cm³/mol. The first kappa shape index (κ1) is 35.4. The van der Waals surface area contributed by atoms with E-state index in [1.165, 1.54) is 59.2 Å². The SMILES string of the molecule is c1ccc(-c2cc(-c3cc4ccccc4c4ccccc34)nc(-c3cc(-c4ccc5c6ccccc6c6ccccc6c5c4)cc(-n4c5ccccc5c5ccccc54)c3)n2)cc1. The molecule has 2 aromatic heterocycles. The molecule has 0 aliphatic rings. The van der Waals surface area contributed by atoms with Crippen LogP contribution in [0, 0.1) is 0 Å². The molecule has 0 unspecified atom stereocenters. The maximum Gasteiger partial charge on any atom is 0.160 e. The van der Waals surface area contributed by atoms with Gasteiger partial charge in [-0.25, -0.2) is 9.97 Å². The Morgan fingerprint density at radius 2 is 0.762 bits per heavy atom. The van der Waals surface area contributed by atoms with Crippen LogP contribution in [0.2, 0.25) is 0 Å². The summed E-state index contributed by atoms with van der Waals surface area (Å²) in [6.45, 7) is 0. The minimum atomic E-state index is 0.671. The van der Waals surface area contributed by atoms with Crippen molar-refractivity contribution in [2.24, 2.45) is 0 Å². The number of nitrogens with zero attached hydrogens (tertiary/aromatic N) is 3. The summed E-state index contributed by atoms with van der Waals surface area (Å²) in [7, 11) is 0. The van der Waals surface area contributed by atoms with E-state index in [1.54, 1.807) is 0 Å². The summed E-state index contributed by atoms with van der Waals surface area (Å²) in [5, 5.41) is 14.7. The smallest absolute Gasteiger partial charge is 0.160 e. The Hall–Kier alpha value is -8.40. The minimum absolute atomic E-state index is 0.671. The highest BCUT2D eigenvalue weighted by Gasteiger charge is 2.19. The van der Waals surface area contributed by atoms with Crippen LogP contribution in [0.25, 0.3) is 126 Å². The lowest BCUT2D eigenvalue weighted by molar-refractivity contribution is 1.16. The third-order valence-corrected chi connectivity index (χ3v) is 12.9. The number of para-hydroxylation sites is 2. The molecule has 0 amide bonds. The second-order valence-electron chi connectivity index (χ2n) is 16.5. The Balaban J connectivity index is 1.11. The fraction of sp³-hybridized carbons (Fsp3) is 0. The van der Waals surface area contributed by atoms with E-state index in [0.29, 0.717) is 5.82 Å². The molecule has 11 aromatic carbocycles. The van der Waals surface area contributed by atoms with E-state index in [4.69, 9.17) is 9.97 Å². The standard InChI is InChI=1S/C60H37N3/c1-2-16-38(17-3-1)56-37-57(55-36-40-18-4-5-19-44(40)45-20-6-11-25-50(45)55)62-60(61-56)42-32-41(33-43(34-42)63-58-28-14-12-26-52(58)53-27-13-15-29-59(53)63)39-30-31-51-48-23-8-7-21-46(48)47-22-9-10-24-49(47)54(51)35-39/h1-37H. The van der Waals surface area contributed by atoms with Gasteiger partial charge in [0.2, 0.25) is 0 Å². The maximum absolute atomic E-state index is 5.54. The number of fused-ring (bicyclic) bond motifs is 12. The highest BCUT2D eigenvalue weighted by Crippen LogP contribution is 2.41.